The monoisotopic (exact) mass is 170 g/mol. The summed E-state index contributed by atoms with van der Waals surface area (Å²) in [7, 11) is 0. The number of allylic oxidation sites excluding steroid dienone is 2. The summed E-state index contributed by atoms with van der Waals surface area (Å²) in [5, 5.41) is 18.5. The molecule has 70 valence electrons. The van der Waals surface area contributed by atoms with Gasteiger partial charge in [-0.05, 0) is 38.5 Å². The zero-order valence-corrected chi connectivity index (χ0v) is 7.83. The van der Waals surface area contributed by atoms with E-state index in [2.05, 4.69) is 13.0 Å². The van der Waals surface area contributed by atoms with Crippen molar-refractivity contribution in [2.75, 3.05) is 6.61 Å². The molecule has 3 atom stereocenters. The average molecular weight is 170 g/mol. The minimum atomic E-state index is -0.300. The first-order valence-electron chi connectivity index (χ1n) is 4.59. The number of rotatable bonds is 2. The summed E-state index contributed by atoms with van der Waals surface area (Å²) in [6.45, 7) is 4.09. The van der Waals surface area contributed by atoms with Gasteiger partial charge in [0.05, 0.1) is 6.10 Å². The Bertz CT molecular complexity index is 173. The molecule has 1 rings (SSSR count). The summed E-state index contributed by atoms with van der Waals surface area (Å²) in [6, 6.07) is 0. The molecule has 0 bridgehead atoms. The van der Waals surface area contributed by atoms with Crippen LogP contribution in [0.3, 0.4) is 0 Å². The second-order valence-electron chi connectivity index (χ2n) is 3.84. The fourth-order valence-electron chi connectivity index (χ4n) is 1.97. The molecule has 0 radical (unpaired) electrons. The van der Waals surface area contributed by atoms with Crippen LogP contribution in [-0.4, -0.2) is 22.9 Å². The van der Waals surface area contributed by atoms with Crippen molar-refractivity contribution in [3.05, 3.63) is 11.6 Å². The van der Waals surface area contributed by atoms with E-state index < -0.39 is 0 Å². The maximum absolute atomic E-state index is 9.42. The van der Waals surface area contributed by atoms with Gasteiger partial charge in [0.25, 0.3) is 0 Å². The summed E-state index contributed by atoms with van der Waals surface area (Å²) >= 11 is 0. The molecule has 0 aliphatic heterocycles. The molecule has 0 aromatic rings. The fraction of sp³-hybridized carbons (Fsp3) is 0.800. The molecule has 1 aliphatic carbocycles. The van der Waals surface area contributed by atoms with E-state index in [-0.39, 0.29) is 24.5 Å². The number of hydrogen-bond donors (Lipinski definition) is 2. The highest BCUT2D eigenvalue weighted by Gasteiger charge is 2.27. The highest BCUT2D eigenvalue weighted by atomic mass is 16.3. The molecule has 0 fully saturated rings. The molecule has 1 aliphatic rings. The van der Waals surface area contributed by atoms with Gasteiger partial charge < -0.3 is 10.2 Å². The number of hydrogen-bond acceptors (Lipinski definition) is 2. The van der Waals surface area contributed by atoms with Crippen LogP contribution in [-0.2, 0) is 0 Å². The highest BCUT2D eigenvalue weighted by Crippen LogP contribution is 2.31. The molecule has 0 aromatic carbocycles. The minimum Gasteiger partial charge on any atom is -0.396 e. The van der Waals surface area contributed by atoms with E-state index in [0.717, 1.165) is 12.8 Å². The van der Waals surface area contributed by atoms with Crippen molar-refractivity contribution >= 4 is 0 Å². The van der Waals surface area contributed by atoms with Crippen LogP contribution in [0.1, 0.15) is 26.7 Å². The highest BCUT2D eigenvalue weighted by molar-refractivity contribution is 5.06. The van der Waals surface area contributed by atoms with Gasteiger partial charge in [-0.15, -0.1) is 0 Å². The van der Waals surface area contributed by atoms with Gasteiger partial charge in [0, 0.05) is 6.61 Å². The molecule has 0 aromatic heterocycles. The van der Waals surface area contributed by atoms with Crippen LogP contribution >= 0.6 is 0 Å². The molecule has 2 N–H and O–H groups in total. The lowest BCUT2D eigenvalue weighted by atomic mass is 9.78. The molecule has 0 amide bonds. The van der Waals surface area contributed by atoms with Crippen LogP contribution in [0.5, 0.6) is 0 Å². The van der Waals surface area contributed by atoms with E-state index in [9.17, 15) is 5.11 Å². The van der Waals surface area contributed by atoms with Gasteiger partial charge in [0.15, 0.2) is 0 Å². The molecular weight excluding hydrogens is 152 g/mol. The smallest absolute Gasteiger partial charge is 0.0546 e. The zero-order valence-electron chi connectivity index (χ0n) is 7.83. The van der Waals surface area contributed by atoms with E-state index in [1.54, 1.807) is 0 Å². The Morgan fingerprint density at radius 3 is 2.83 bits per heavy atom. The van der Waals surface area contributed by atoms with Gasteiger partial charge in [-0.1, -0.05) is 11.6 Å². The van der Waals surface area contributed by atoms with E-state index in [0.29, 0.717) is 0 Å². The van der Waals surface area contributed by atoms with Gasteiger partial charge in [-0.3, -0.25) is 0 Å². The fourth-order valence-corrected chi connectivity index (χ4v) is 1.97. The first kappa shape index (κ1) is 9.75. The Hall–Kier alpha value is -0.340. The lowest BCUT2D eigenvalue weighted by molar-refractivity contribution is 0.0571. The molecule has 3 unspecified atom stereocenters. The van der Waals surface area contributed by atoms with Crippen molar-refractivity contribution in [2.24, 2.45) is 11.8 Å². The minimum absolute atomic E-state index is 0.195. The molecule has 2 heteroatoms. The Balaban J connectivity index is 2.63. The van der Waals surface area contributed by atoms with Gasteiger partial charge in [0.2, 0.25) is 0 Å². The van der Waals surface area contributed by atoms with Gasteiger partial charge >= 0.3 is 0 Å². The lowest BCUT2D eigenvalue weighted by Crippen LogP contribution is -2.30. The Labute approximate surface area is 73.9 Å². The summed E-state index contributed by atoms with van der Waals surface area (Å²) < 4.78 is 0. The van der Waals surface area contributed by atoms with Crippen LogP contribution in [0.4, 0.5) is 0 Å². The summed E-state index contributed by atoms with van der Waals surface area (Å²) in [6.07, 6.45) is 3.72. The first-order valence-corrected chi connectivity index (χ1v) is 4.59. The normalized spacial score (nSPS) is 32.8. The van der Waals surface area contributed by atoms with Crippen molar-refractivity contribution in [2.45, 2.75) is 32.8 Å². The maximum atomic E-state index is 9.42. The molecule has 0 saturated carbocycles. The topological polar surface area (TPSA) is 40.5 Å². The summed E-state index contributed by atoms with van der Waals surface area (Å²) in [5.74, 6) is 0.508. The average Bonchev–Trinajstić information content (AvgIpc) is 2.03. The predicted octanol–water partition coefficient (Wildman–Crippen LogP) is 1.33. The summed E-state index contributed by atoms with van der Waals surface area (Å²) in [4.78, 5) is 0. The molecular formula is C10H18O2. The van der Waals surface area contributed by atoms with Crippen LogP contribution in [0.25, 0.3) is 0 Å². The van der Waals surface area contributed by atoms with E-state index in [4.69, 9.17) is 5.11 Å². The Morgan fingerprint density at radius 1 is 1.67 bits per heavy atom. The Kier molecular flexibility index (Phi) is 3.29. The third-order valence-corrected chi connectivity index (χ3v) is 2.78. The largest absolute Gasteiger partial charge is 0.396 e. The quantitative estimate of drug-likeness (QED) is 0.614. The zero-order chi connectivity index (χ0) is 9.14. The second kappa shape index (κ2) is 4.06. The SMILES string of the molecule is CC1=CCC(C(C)O)C(CO)C1. The van der Waals surface area contributed by atoms with Crippen molar-refractivity contribution in [1.29, 1.82) is 0 Å². The van der Waals surface area contributed by atoms with Crippen LogP contribution in [0.2, 0.25) is 0 Å². The molecule has 0 saturated heterocycles. The molecule has 0 heterocycles. The predicted molar refractivity (Wildman–Crippen MR) is 48.7 cm³/mol. The first-order chi connectivity index (χ1) is 5.65. The maximum Gasteiger partial charge on any atom is 0.0546 e. The third-order valence-electron chi connectivity index (χ3n) is 2.78. The van der Waals surface area contributed by atoms with E-state index in [1.807, 2.05) is 6.92 Å². The van der Waals surface area contributed by atoms with E-state index in [1.165, 1.54) is 5.57 Å². The van der Waals surface area contributed by atoms with Gasteiger partial charge in [-0.2, -0.15) is 0 Å². The standard InChI is InChI=1S/C10H18O2/c1-7-3-4-10(8(2)12)9(5-7)6-11/h3,8-12H,4-6H2,1-2H3. The van der Waals surface area contributed by atoms with Crippen LogP contribution < -0.4 is 0 Å². The van der Waals surface area contributed by atoms with Crippen LogP contribution in [0.15, 0.2) is 11.6 Å². The van der Waals surface area contributed by atoms with Crippen molar-refractivity contribution in [3.63, 3.8) is 0 Å². The third kappa shape index (κ3) is 2.08. The van der Waals surface area contributed by atoms with Gasteiger partial charge in [0.1, 0.15) is 0 Å². The Morgan fingerprint density at radius 2 is 2.33 bits per heavy atom. The molecule has 2 nitrogen and oxygen atoms in total. The number of aliphatic hydroxyl groups excluding tert-OH is 2. The molecule has 0 spiro atoms. The van der Waals surface area contributed by atoms with Crippen molar-refractivity contribution < 1.29 is 10.2 Å². The van der Waals surface area contributed by atoms with Gasteiger partial charge in [-0.25, -0.2) is 0 Å². The lowest BCUT2D eigenvalue weighted by Gasteiger charge is -2.31. The number of aliphatic hydroxyl groups is 2. The molecule has 12 heavy (non-hydrogen) atoms. The summed E-state index contributed by atoms with van der Waals surface area (Å²) in [5.41, 5.74) is 1.34. The second-order valence-corrected chi connectivity index (χ2v) is 3.84. The van der Waals surface area contributed by atoms with Crippen LogP contribution in [0, 0.1) is 11.8 Å². The van der Waals surface area contributed by atoms with Crippen molar-refractivity contribution in [1.82, 2.24) is 0 Å². The van der Waals surface area contributed by atoms with Crippen molar-refractivity contribution in [3.8, 4) is 0 Å². The van der Waals surface area contributed by atoms with E-state index >= 15 is 0 Å².